The van der Waals surface area contributed by atoms with Crippen LogP contribution in [0.2, 0.25) is 0 Å². The van der Waals surface area contributed by atoms with Crippen LogP contribution in [-0.4, -0.2) is 46.5 Å². The normalized spacial score (nSPS) is 21.3. The molecule has 1 saturated carbocycles. The summed E-state index contributed by atoms with van der Waals surface area (Å²) in [4.78, 5) is 26.1. The van der Waals surface area contributed by atoms with E-state index in [2.05, 4.69) is 15.5 Å². The van der Waals surface area contributed by atoms with Crippen LogP contribution in [0.5, 0.6) is 0 Å². The van der Waals surface area contributed by atoms with Gasteiger partial charge in [0.25, 0.3) is 0 Å². The van der Waals surface area contributed by atoms with E-state index in [-0.39, 0.29) is 24.7 Å². The summed E-state index contributed by atoms with van der Waals surface area (Å²) in [6.45, 7) is 1.80. The number of piperidine rings is 1. The Morgan fingerprint density at radius 1 is 1.13 bits per heavy atom. The minimum Gasteiger partial charge on any atom is -0.446 e. The molecule has 2 heterocycles. The number of hydrogen-bond donors (Lipinski definition) is 2. The van der Waals surface area contributed by atoms with Crippen LogP contribution in [0.3, 0.4) is 0 Å². The van der Waals surface area contributed by atoms with E-state index in [1.165, 1.54) is 6.42 Å². The fourth-order valence-corrected chi connectivity index (χ4v) is 4.10. The molecule has 1 aliphatic carbocycles. The Hall–Kier alpha value is -3.03. The van der Waals surface area contributed by atoms with Crippen LogP contribution < -0.4 is 5.32 Å². The summed E-state index contributed by atoms with van der Waals surface area (Å²) >= 11 is 0. The summed E-state index contributed by atoms with van der Waals surface area (Å²) in [5.41, 5.74) is 1.86. The minimum absolute atomic E-state index is 0.0695. The van der Waals surface area contributed by atoms with Crippen molar-refractivity contribution < 1.29 is 19.1 Å². The second kappa shape index (κ2) is 9.65. The molecule has 4 rings (SSSR count). The topological polar surface area (TPSA) is 96.6 Å². The number of nitrogens with zero attached hydrogens (tertiary/aromatic N) is 2. The van der Waals surface area contributed by atoms with Gasteiger partial charge in [0.05, 0.1) is 0 Å². The molecule has 30 heavy (non-hydrogen) atoms. The van der Waals surface area contributed by atoms with E-state index < -0.39 is 6.09 Å². The van der Waals surface area contributed by atoms with Crippen LogP contribution in [0.15, 0.2) is 36.4 Å². The Balaban J connectivity index is 1.23. The SMILES string of the molecule is O=C(Nc1cc([C@H]2CC[C@@H](OC(=O)N3CCCCC3)C2)[nH]n1)OCc1ccccc1. The van der Waals surface area contributed by atoms with Crippen LogP contribution in [0.4, 0.5) is 15.4 Å². The molecule has 8 heteroatoms. The Morgan fingerprint density at radius 2 is 1.93 bits per heavy atom. The summed E-state index contributed by atoms with van der Waals surface area (Å²) in [5, 5.41) is 9.80. The molecule has 1 aromatic heterocycles. The second-order valence-corrected chi connectivity index (χ2v) is 7.96. The van der Waals surface area contributed by atoms with Gasteiger partial charge in [-0.3, -0.25) is 10.4 Å². The number of anilines is 1. The standard InChI is InChI=1S/C22H28N4O4/c27-21(29-15-16-7-3-1-4-8-16)23-20-14-19(24-25-20)17-9-10-18(13-17)30-22(28)26-11-5-2-6-12-26/h1,3-4,7-8,14,17-18H,2,5-6,9-13,15H2,(H2,23,24,25,27)/t17-,18+/m0/s1. The van der Waals surface area contributed by atoms with Gasteiger partial charge >= 0.3 is 12.2 Å². The number of carbonyl (C=O) groups is 2. The van der Waals surface area contributed by atoms with Crippen molar-refractivity contribution in [3.8, 4) is 0 Å². The molecule has 0 radical (unpaired) electrons. The number of amides is 2. The van der Waals surface area contributed by atoms with Crippen molar-refractivity contribution in [2.75, 3.05) is 18.4 Å². The van der Waals surface area contributed by atoms with Crippen LogP contribution in [0.1, 0.15) is 55.7 Å². The third kappa shape index (κ3) is 5.31. The van der Waals surface area contributed by atoms with Crippen molar-refractivity contribution >= 4 is 18.0 Å². The van der Waals surface area contributed by atoms with Crippen molar-refractivity contribution in [3.05, 3.63) is 47.7 Å². The quantitative estimate of drug-likeness (QED) is 0.758. The molecule has 2 amide bonds. The van der Waals surface area contributed by atoms with Gasteiger partial charge in [-0.1, -0.05) is 30.3 Å². The lowest BCUT2D eigenvalue weighted by atomic mass is 10.0. The maximum Gasteiger partial charge on any atom is 0.413 e. The Bertz CT molecular complexity index is 848. The largest absolute Gasteiger partial charge is 0.446 e. The number of H-pyrrole nitrogens is 1. The average Bonchev–Trinajstić information content (AvgIpc) is 3.43. The monoisotopic (exact) mass is 412 g/mol. The number of carbonyl (C=O) groups excluding carboxylic acids is 2. The van der Waals surface area contributed by atoms with E-state index in [1.807, 2.05) is 41.3 Å². The van der Waals surface area contributed by atoms with Crippen molar-refractivity contribution in [2.24, 2.45) is 0 Å². The number of rotatable bonds is 5. The molecule has 8 nitrogen and oxygen atoms in total. The Kier molecular flexibility index (Phi) is 6.51. The Labute approximate surface area is 175 Å². The van der Waals surface area contributed by atoms with Gasteiger partial charge in [-0.05, 0) is 44.1 Å². The minimum atomic E-state index is -0.545. The zero-order chi connectivity index (χ0) is 20.8. The first kappa shape index (κ1) is 20.3. The van der Waals surface area contributed by atoms with E-state index in [4.69, 9.17) is 9.47 Å². The molecule has 1 aromatic carbocycles. The number of aromatic amines is 1. The number of hydrogen-bond acceptors (Lipinski definition) is 5. The van der Waals surface area contributed by atoms with Gasteiger partial charge in [0.1, 0.15) is 12.7 Å². The van der Waals surface area contributed by atoms with E-state index in [0.29, 0.717) is 5.82 Å². The van der Waals surface area contributed by atoms with Crippen LogP contribution in [0.25, 0.3) is 0 Å². The molecule has 2 aliphatic rings. The maximum absolute atomic E-state index is 12.3. The third-order valence-electron chi connectivity index (χ3n) is 5.75. The lowest BCUT2D eigenvalue weighted by molar-refractivity contribution is 0.0597. The van der Waals surface area contributed by atoms with Gasteiger partial charge in [-0.15, -0.1) is 0 Å². The molecule has 0 unspecified atom stereocenters. The van der Waals surface area contributed by atoms with Gasteiger partial charge in [-0.2, -0.15) is 5.10 Å². The molecule has 2 aromatic rings. The summed E-state index contributed by atoms with van der Waals surface area (Å²) in [7, 11) is 0. The highest BCUT2D eigenvalue weighted by atomic mass is 16.6. The second-order valence-electron chi connectivity index (χ2n) is 7.96. The molecule has 1 aliphatic heterocycles. The lowest BCUT2D eigenvalue weighted by Crippen LogP contribution is -2.37. The summed E-state index contributed by atoms with van der Waals surface area (Å²) in [5.74, 6) is 0.657. The van der Waals surface area contributed by atoms with Gasteiger partial charge in [0.2, 0.25) is 0 Å². The van der Waals surface area contributed by atoms with Crippen molar-refractivity contribution in [3.63, 3.8) is 0 Å². The molecule has 1 saturated heterocycles. The number of aromatic nitrogens is 2. The predicted octanol–water partition coefficient (Wildman–Crippen LogP) is 4.42. The highest BCUT2D eigenvalue weighted by Gasteiger charge is 2.31. The van der Waals surface area contributed by atoms with Crippen LogP contribution >= 0.6 is 0 Å². The predicted molar refractivity (Wildman–Crippen MR) is 111 cm³/mol. The first-order chi connectivity index (χ1) is 14.7. The third-order valence-corrected chi connectivity index (χ3v) is 5.75. The smallest absolute Gasteiger partial charge is 0.413 e. The number of likely N-dealkylation sites (tertiary alicyclic amines) is 1. The van der Waals surface area contributed by atoms with Crippen LogP contribution in [0, 0.1) is 0 Å². The van der Waals surface area contributed by atoms with Gasteiger partial charge in [0.15, 0.2) is 5.82 Å². The van der Waals surface area contributed by atoms with Gasteiger partial charge < -0.3 is 14.4 Å². The summed E-state index contributed by atoms with van der Waals surface area (Å²) < 4.78 is 10.9. The molecule has 0 spiro atoms. The molecular formula is C22H28N4O4. The first-order valence-corrected chi connectivity index (χ1v) is 10.7. The van der Waals surface area contributed by atoms with Gasteiger partial charge in [0, 0.05) is 30.8 Å². The highest BCUT2D eigenvalue weighted by molar-refractivity contribution is 5.83. The molecular weight excluding hydrogens is 384 g/mol. The molecule has 2 atom stereocenters. The zero-order valence-electron chi connectivity index (χ0n) is 17.0. The van der Waals surface area contributed by atoms with Gasteiger partial charge in [-0.25, -0.2) is 9.59 Å². The first-order valence-electron chi connectivity index (χ1n) is 10.7. The van der Waals surface area contributed by atoms with Crippen molar-refractivity contribution in [2.45, 2.75) is 57.2 Å². The van der Waals surface area contributed by atoms with E-state index in [9.17, 15) is 9.59 Å². The number of benzene rings is 1. The fraction of sp³-hybridized carbons (Fsp3) is 0.500. The molecule has 160 valence electrons. The van der Waals surface area contributed by atoms with E-state index >= 15 is 0 Å². The number of ether oxygens (including phenoxy) is 2. The van der Waals surface area contributed by atoms with Crippen LogP contribution in [-0.2, 0) is 16.1 Å². The number of nitrogens with one attached hydrogen (secondary N) is 2. The van der Waals surface area contributed by atoms with Crippen molar-refractivity contribution in [1.29, 1.82) is 0 Å². The molecule has 0 bridgehead atoms. The summed E-state index contributed by atoms with van der Waals surface area (Å²) in [6.07, 6.45) is 5.01. The Morgan fingerprint density at radius 3 is 2.73 bits per heavy atom. The fourth-order valence-electron chi connectivity index (χ4n) is 4.10. The average molecular weight is 412 g/mol. The lowest BCUT2D eigenvalue weighted by Gasteiger charge is -2.27. The maximum atomic E-state index is 12.3. The van der Waals surface area contributed by atoms with Crippen molar-refractivity contribution in [1.82, 2.24) is 15.1 Å². The molecule has 2 fully saturated rings. The highest BCUT2D eigenvalue weighted by Crippen LogP contribution is 2.36. The summed E-state index contributed by atoms with van der Waals surface area (Å²) in [6, 6.07) is 11.3. The van der Waals surface area contributed by atoms with E-state index in [1.54, 1.807) is 0 Å². The van der Waals surface area contributed by atoms with E-state index in [0.717, 1.165) is 56.5 Å². The molecule has 2 N–H and O–H groups in total. The zero-order valence-corrected chi connectivity index (χ0v) is 17.0.